The summed E-state index contributed by atoms with van der Waals surface area (Å²) >= 11 is 0. The number of fused-ring (bicyclic) bond motifs is 2. The Kier molecular flexibility index (Phi) is 4.75. The first-order valence-electron chi connectivity index (χ1n) is 8.77. The number of carbonyl (C=O) groups excluding carboxylic acids is 2. The van der Waals surface area contributed by atoms with Gasteiger partial charge in [-0.2, -0.15) is 0 Å². The maximum absolute atomic E-state index is 13.9. The van der Waals surface area contributed by atoms with Crippen LogP contribution < -0.4 is 0 Å². The number of amides is 1. The Hall–Kier alpha value is -2.05. The van der Waals surface area contributed by atoms with Crippen LogP contribution in [0.5, 0.6) is 0 Å². The molecule has 2 aliphatic heterocycles. The minimum Gasteiger partial charge on any atom is -0.444 e. The van der Waals surface area contributed by atoms with E-state index in [1.165, 1.54) is 0 Å². The van der Waals surface area contributed by atoms with Crippen LogP contribution in [0.4, 0.5) is 18.0 Å². The summed E-state index contributed by atoms with van der Waals surface area (Å²) in [5.41, 5.74) is -1.04. The highest BCUT2D eigenvalue weighted by Crippen LogP contribution is 2.41. The van der Waals surface area contributed by atoms with E-state index in [0.717, 1.165) is 25.0 Å². The summed E-state index contributed by atoms with van der Waals surface area (Å²) in [4.78, 5) is 26.7. The Bertz CT molecular complexity index is 730. The number of carbonyl (C=O) groups is 2. The van der Waals surface area contributed by atoms with Crippen LogP contribution in [0.3, 0.4) is 0 Å². The molecular formula is C19H22F3NO3. The largest absolute Gasteiger partial charge is 0.444 e. The Labute approximate surface area is 150 Å². The van der Waals surface area contributed by atoms with Crippen LogP contribution in [0, 0.1) is 23.4 Å². The van der Waals surface area contributed by atoms with Crippen LogP contribution >= 0.6 is 0 Å². The van der Waals surface area contributed by atoms with Crippen LogP contribution in [-0.4, -0.2) is 34.5 Å². The van der Waals surface area contributed by atoms with Gasteiger partial charge in [0.2, 0.25) is 0 Å². The van der Waals surface area contributed by atoms with Crippen molar-refractivity contribution < 1.29 is 27.5 Å². The number of benzene rings is 1. The first-order valence-corrected chi connectivity index (χ1v) is 8.77. The minimum absolute atomic E-state index is 0.161. The topological polar surface area (TPSA) is 46.6 Å². The van der Waals surface area contributed by atoms with Gasteiger partial charge in [-0.15, -0.1) is 0 Å². The van der Waals surface area contributed by atoms with Crippen molar-refractivity contribution in [3.8, 4) is 0 Å². The van der Waals surface area contributed by atoms with Gasteiger partial charge in [0, 0.05) is 18.0 Å². The number of ketones is 1. The predicted molar refractivity (Wildman–Crippen MR) is 88.3 cm³/mol. The molecule has 2 unspecified atom stereocenters. The number of ether oxygens (including phenoxy) is 1. The molecule has 0 aromatic heterocycles. The van der Waals surface area contributed by atoms with Crippen LogP contribution in [0.2, 0.25) is 0 Å². The molecule has 0 aliphatic carbocycles. The van der Waals surface area contributed by atoms with E-state index < -0.39 is 46.4 Å². The van der Waals surface area contributed by atoms with Gasteiger partial charge in [0.1, 0.15) is 5.60 Å². The van der Waals surface area contributed by atoms with Crippen molar-refractivity contribution in [2.24, 2.45) is 5.92 Å². The molecule has 2 atom stereocenters. The fourth-order valence-electron chi connectivity index (χ4n) is 3.94. The van der Waals surface area contributed by atoms with E-state index in [4.69, 9.17) is 4.74 Å². The number of rotatable bonds is 2. The van der Waals surface area contributed by atoms with Gasteiger partial charge in [-0.1, -0.05) is 0 Å². The Morgan fingerprint density at radius 2 is 1.62 bits per heavy atom. The summed E-state index contributed by atoms with van der Waals surface area (Å²) in [5.74, 6) is -5.46. The molecule has 2 bridgehead atoms. The van der Waals surface area contributed by atoms with Crippen molar-refractivity contribution in [1.29, 1.82) is 0 Å². The molecule has 0 saturated carbocycles. The summed E-state index contributed by atoms with van der Waals surface area (Å²) < 4.78 is 45.9. The molecule has 0 spiro atoms. The maximum Gasteiger partial charge on any atom is 0.410 e. The Morgan fingerprint density at radius 1 is 1.04 bits per heavy atom. The van der Waals surface area contributed by atoms with E-state index in [9.17, 15) is 22.8 Å². The second kappa shape index (κ2) is 6.59. The van der Waals surface area contributed by atoms with Crippen molar-refractivity contribution in [1.82, 2.24) is 4.90 Å². The normalized spacial score (nSPS) is 25.3. The van der Waals surface area contributed by atoms with Crippen molar-refractivity contribution >= 4 is 11.9 Å². The highest BCUT2D eigenvalue weighted by molar-refractivity contribution is 5.98. The maximum atomic E-state index is 13.9. The molecule has 1 aromatic rings. The zero-order valence-corrected chi connectivity index (χ0v) is 15.0. The molecule has 26 heavy (non-hydrogen) atoms. The van der Waals surface area contributed by atoms with Crippen LogP contribution in [0.15, 0.2) is 12.1 Å². The van der Waals surface area contributed by atoms with Gasteiger partial charge in [-0.25, -0.2) is 18.0 Å². The zero-order chi connectivity index (χ0) is 19.2. The first-order chi connectivity index (χ1) is 12.1. The standard InChI is InChI=1S/C19H22F3NO3/c1-19(2,3)26-18(25)23-11-4-5-12(23)9-10(8-11)17(24)13-6-7-14(20)16(22)15(13)21/h6-7,10-12H,4-5,8-9H2,1-3H3. The SMILES string of the molecule is CC(C)(C)OC(=O)N1C2CCC1CC(C(=O)c1ccc(F)c(F)c1F)C2. The van der Waals surface area contributed by atoms with Gasteiger partial charge in [-0.05, 0) is 58.6 Å². The molecule has 2 saturated heterocycles. The van der Waals surface area contributed by atoms with Crippen molar-refractivity contribution in [2.75, 3.05) is 0 Å². The number of hydrogen-bond donors (Lipinski definition) is 0. The van der Waals surface area contributed by atoms with Gasteiger partial charge in [-0.3, -0.25) is 4.79 Å². The number of Topliss-reactive ketones (excluding diaryl/α,β-unsaturated/α-hetero) is 1. The third-order valence-electron chi connectivity index (χ3n) is 5.01. The Balaban J connectivity index is 1.76. The first kappa shape index (κ1) is 18.7. The van der Waals surface area contributed by atoms with Gasteiger partial charge in [0.15, 0.2) is 23.2 Å². The molecule has 1 amide bonds. The summed E-state index contributed by atoms with van der Waals surface area (Å²) in [6.45, 7) is 5.36. The highest BCUT2D eigenvalue weighted by atomic mass is 19.2. The lowest BCUT2D eigenvalue weighted by Gasteiger charge is -2.39. The number of nitrogens with zero attached hydrogens (tertiary/aromatic N) is 1. The lowest BCUT2D eigenvalue weighted by Crippen LogP contribution is -2.49. The lowest BCUT2D eigenvalue weighted by molar-refractivity contribution is 0.00250. The molecule has 0 radical (unpaired) electrons. The predicted octanol–water partition coefficient (Wildman–Crippen LogP) is 4.46. The van der Waals surface area contributed by atoms with Crippen molar-refractivity contribution in [3.05, 3.63) is 35.1 Å². The summed E-state index contributed by atoms with van der Waals surface area (Å²) in [6.07, 6.45) is 1.82. The average molecular weight is 369 g/mol. The van der Waals surface area contributed by atoms with E-state index in [1.54, 1.807) is 25.7 Å². The number of piperidine rings is 1. The molecule has 2 heterocycles. The fourth-order valence-corrected chi connectivity index (χ4v) is 3.94. The molecule has 4 nitrogen and oxygen atoms in total. The lowest BCUT2D eigenvalue weighted by atomic mass is 9.84. The number of hydrogen-bond acceptors (Lipinski definition) is 3. The summed E-state index contributed by atoms with van der Waals surface area (Å²) in [6, 6.07) is 1.42. The van der Waals surface area contributed by atoms with Crippen LogP contribution in [0.25, 0.3) is 0 Å². The van der Waals surface area contributed by atoms with E-state index in [2.05, 4.69) is 0 Å². The average Bonchev–Trinajstić information content (AvgIpc) is 2.81. The monoisotopic (exact) mass is 369 g/mol. The van der Waals surface area contributed by atoms with E-state index in [-0.39, 0.29) is 12.1 Å². The van der Waals surface area contributed by atoms with E-state index in [0.29, 0.717) is 12.8 Å². The molecule has 3 rings (SSSR count). The van der Waals surface area contributed by atoms with Crippen LogP contribution in [0.1, 0.15) is 56.8 Å². The molecular weight excluding hydrogens is 347 g/mol. The van der Waals surface area contributed by atoms with Gasteiger partial charge >= 0.3 is 6.09 Å². The quantitative estimate of drug-likeness (QED) is 0.571. The Morgan fingerprint density at radius 3 is 2.15 bits per heavy atom. The van der Waals surface area contributed by atoms with Gasteiger partial charge < -0.3 is 9.64 Å². The molecule has 2 fully saturated rings. The molecule has 2 aliphatic rings. The third-order valence-corrected chi connectivity index (χ3v) is 5.01. The minimum atomic E-state index is -1.63. The second-order valence-electron chi connectivity index (χ2n) is 8.03. The summed E-state index contributed by atoms with van der Waals surface area (Å²) in [5, 5.41) is 0. The summed E-state index contributed by atoms with van der Waals surface area (Å²) in [7, 11) is 0. The molecule has 7 heteroatoms. The molecule has 0 N–H and O–H groups in total. The highest BCUT2D eigenvalue weighted by Gasteiger charge is 2.46. The van der Waals surface area contributed by atoms with E-state index in [1.807, 2.05) is 0 Å². The number of halogens is 3. The third kappa shape index (κ3) is 3.44. The fraction of sp³-hybridized carbons (Fsp3) is 0.579. The van der Waals surface area contributed by atoms with Crippen LogP contribution in [-0.2, 0) is 4.74 Å². The smallest absolute Gasteiger partial charge is 0.410 e. The van der Waals surface area contributed by atoms with Gasteiger partial charge in [0.25, 0.3) is 0 Å². The van der Waals surface area contributed by atoms with Gasteiger partial charge in [0.05, 0.1) is 5.56 Å². The second-order valence-corrected chi connectivity index (χ2v) is 8.03. The van der Waals surface area contributed by atoms with Crippen molar-refractivity contribution in [2.45, 2.75) is 64.1 Å². The molecule has 142 valence electrons. The zero-order valence-electron chi connectivity index (χ0n) is 15.0. The van der Waals surface area contributed by atoms with Crippen molar-refractivity contribution in [3.63, 3.8) is 0 Å². The van der Waals surface area contributed by atoms with E-state index >= 15 is 0 Å². The molecule has 1 aromatic carbocycles.